The highest BCUT2D eigenvalue weighted by Gasteiger charge is 2.23. The molecule has 0 unspecified atom stereocenters. The summed E-state index contributed by atoms with van der Waals surface area (Å²) in [4.78, 5) is 0. The fourth-order valence-corrected chi connectivity index (χ4v) is 3.05. The number of hydrogen-bond donors (Lipinski definition) is 0. The molecule has 2 aromatic rings. The maximum Gasteiger partial charge on any atom is 0.119 e. The van der Waals surface area contributed by atoms with Crippen molar-refractivity contribution in [1.82, 2.24) is 0 Å². The lowest BCUT2D eigenvalue weighted by Gasteiger charge is -2.26. The minimum atomic E-state index is -0.109. The summed E-state index contributed by atoms with van der Waals surface area (Å²) in [7, 11) is 1.67. The van der Waals surface area contributed by atoms with Gasteiger partial charge in [-0.15, -0.1) is 11.6 Å². The Morgan fingerprint density at radius 3 is 1.69 bits per heavy atom. The number of alkyl halides is 1. The average molecular weight is 421 g/mol. The van der Waals surface area contributed by atoms with Gasteiger partial charge >= 0.3 is 0 Å². The Morgan fingerprint density at radius 1 is 0.690 bits per heavy atom. The fourth-order valence-electron chi connectivity index (χ4n) is 2.94. The van der Waals surface area contributed by atoms with E-state index in [0.29, 0.717) is 38.9 Å². The molecule has 0 aliphatic rings. The third-order valence-corrected chi connectivity index (χ3v) is 5.10. The first-order valence-corrected chi connectivity index (χ1v) is 10.7. The summed E-state index contributed by atoms with van der Waals surface area (Å²) >= 11 is 5.69. The van der Waals surface area contributed by atoms with Crippen molar-refractivity contribution in [2.45, 2.75) is 32.1 Å². The van der Waals surface area contributed by atoms with Crippen LogP contribution in [0.2, 0.25) is 0 Å². The summed E-state index contributed by atoms with van der Waals surface area (Å²) in [6.07, 6.45) is 1.71. The van der Waals surface area contributed by atoms with E-state index in [1.807, 2.05) is 24.3 Å². The molecule has 0 spiro atoms. The second kappa shape index (κ2) is 12.7. The quantitative estimate of drug-likeness (QED) is 0.300. The summed E-state index contributed by atoms with van der Waals surface area (Å²) in [5, 5.41) is 0. The van der Waals surface area contributed by atoms with Gasteiger partial charge in [-0.1, -0.05) is 38.1 Å². The zero-order valence-electron chi connectivity index (χ0n) is 17.8. The van der Waals surface area contributed by atoms with Crippen LogP contribution in [0.25, 0.3) is 0 Å². The van der Waals surface area contributed by atoms with E-state index in [2.05, 4.69) is 38.1 Å². The lowest BCUT2D eigenvalue weighted by atomic mass is 9.78. The monoisotopic (exact) mass is 420 g/mol. The van der Waals surface area contributed by atoms with Crippen LogP contribution >= 0.6 is 11.6 Å². The Labute approximate surface area is 180 Å². The van der Waals surface area contributed by atoms with E-state index >= 15 is 0 Å². The van der Waals surface area contributed by atoms with Crippen LogP contribution in [0.4, 0.5) is 0 Å². The van der Waals surface area contributed by atoms with Gasteiger partial charge in [-0.2, -0.15) is 0 Å². The van der Waals surface area contributed by atoms with Crippen LogP contribution in [0.5, 0.6) is 11.5 Å². The molecule has 0 heterocycles. The van der Waals surface area contributed by atoms with Crippen LogP contribution in [0.3, 0.4) is 0 Å². The van der Waals surface area contributed by atoms with Gasteiger partial charge in [0, 0.05) is 31.4 Å². The molecule has 5 heteroatoms. The average Bonchev–Trinajstić information content (AvgIpc) is 2.74. The molecule has 0 atom stereocenters. The molecular weight excluding hydrogens is 388 g/mol. The minimum absolute atomic E-state index is 0.109. The van der Waals surface area contributed by atoms with Crippen molar-refractivity contribution >= 4 is 11.6 Å². The minimum Gasteiger partial charge on any atom is -0.494 e. The molecule has 0 saturated carbocycles. The van der Waals surface area contributed by atoms with Crippen molar-refractivity contribution in [2.75, 3.05) is 46.0 Å². The molecule has 29 heavy (non-hydrogen) atoms. The Morgan fingerprint density at radius 2 is 1.21 bits per heavy atom. The molecular formula is C24H33ClO4. The van der Waals surface area contributed by atoms with Crippen LogP contribution in [-0.2, 0) is 14.9 Å². The van der Waals surface area contributed by atoms with Gasteiger partial charge in [0.2, 0.25) is 0 Å². The summed E-state index contributed by atoms with van der Waals surface area (Å²) in [6.45, 7) is 7.67. The molecule has 160 valence electrons. The molecule has 0 bridgehead atoms. The summed E-state index contributed by atoms with van der Waals surface area (Å²) in [5.74, 6) is 2.38. The van der Waals surface area contributed by atoms with E-state index in [1.54, 1.807) is 7.11 Å². The van der Waals surface area contributed by atoms with E-state index < -0.39 is 0 Å². The van der Waals surface area contributed by atoms with Crippen LogP contribution in [0, 0.1) is 0 Å². The lowest BCUT2D eigenvalue weighted by molar-refractivity contribution is 0.0644. The molecule has 0 saturated heterocycles. The van der Waals surface area contributed by atoms with Crippen molar-refractivity contribution in [3.63, 3.8) is 0 Å². The first-order valence-electron chi connectivity index (χ1n) is 10.2. The van der Waals surface area contributed by atoms with E-state index in [4.69, 9.17) is 30.5 Å². The number of rotatable bonds is 14. The second-order valence-electron chi connectivity index (χ2n) is 7.37. The van der Waals surface area contributed by atoms with Crippen molar-refractivity contribution in [1.29, 1.82) is 0 Å². The Kier molecular flexibility index (Phi) is 10.3. The van der Waals surface area contributed by atoms with Gasteiger partial charge in [0.1, 0.15) is 11.5 Å². The highest BCUT2D eigenvalue weighted by molar-refractivity contribution is 6.17. The van der Waals surface area contributed by atoms with Gasteiger partial charge in [0.05, 0.1) is 26.4 Å². The van der Waals surface area contributed by atoms with Gasteiger partial charge in [0.25, 0.3) is 0 Å². The maximum absolute atomic E-state index is 5.81. The van der Waals surface area contributed by atoms with Gasteiger partial charge in [-0.3, -0.25) is 0 Å². The third kappa shape index (κ3) is 7.88. The molecule has 0 amide bonds. The van der Waals surface area contributed by atoms with Gasteiger partial charge in [0.15, 0.2) is 0 Å². The molecule has 2 aromatic carbocycles. The molecule has 0 aliphatic heterocycles. The lowest BCUT2D eigenvalue weighted by Crippen LogP contribution is -2.18. The van der Waals surface area contributed by atoms with E-state index in [-0.39, 0.29) is 5.41 Å². The Bertz CT molecular complexity index is 683. The van der Waals surface area contributed by atoms with Crippen LogP contribution in [0.15, 0.2) is 48.5 Å². The Hall–Kier alpha value is -1.75. The molecule has 4 nitrogen and oxygen atoms in total. The first kappa shape index (κ1) is 23.5. The third-order valence-electron chi connectivity index (χ3n) is 4.83. The van der Waals surface area contributed by atoms with E-state index in [0.717, 1.165) is 24.3 Å². The number of halogens is 1. The highest BCUT2D eigenvalue weighted by atomic mass is 35.5. The summed E-state index contributed by atoms with van der Waals surface area (Å²) in [5.41, 5.74) is 2.37. The number of benzene rings is 2. The molecule has 0 radical (unpaired) electrons. The molecule has 0 aromatic heterocycles. The zero-order chi connectivity index (χ0) is 21.0. The van der Waals surface area contributed by atoms with Crippen LogP contribution in [0.1, 0.15) is 37.8 Å². The second-order valence-corrected chi connectivity index (χ2v) is 7.75. The van der Waals surface area contributed by atoms with Crippen molar-refractivity contribution in [3.05, 3.63) is 59.7 Å². The van der Waals surface area contributed by atoms with Gasteiger partial charge in [-0.25, -0.2) is 0 Å². The number of ether oxygens (including phenoxy) is 4. The number of hydrogen-bond acceptors (Lipinski definition) is 4. The first-order chi connectivity index (χ1) is 14.1. The van der Waals surface area contributed by atoms with Crippen molar-refractivity contribution < 1.29 is 18.9 Å². The predicted octanol–water partition coefficient (Wildman–Crippen LogP) is 5.45. The maximum atomic E-state index is 5.81. The van der Waals surface area contributed by atoms with Crippen molar-refractivity contribution in [3.8, 4) is 11.5 Å². The molecule has 0 aliphatic carbocycles. The fraction of sp³-hybridized carbons (Fsp3) is 0.500. The number of methoxy groups -OCH3 is 1. The normalized spacial score (nSPS) is 11.4. The van der Waals surface area contributed by atoms with E-state index in [1.165, 1.54) is 11.1 Å². The van der Waals surface area contributed by atoms with Crippen LogP contribution < -0.4 is 9.47 Å². The van der Waals surface area contributed by atoms with Crippen LogP contribution in [-0.4, -0.2) is 46.0 Å². The predicted molar refractivity (Wildman–Crippen MR) is 119 cm³/mol. The van der Waals surface area contributed by atoms with Gasteiger partial charge in [-0.05, 0) is 41.8 Å². The molecule has 0 N–H and O–H groups in total. The SMILES string of the molecule is COCCOCCCOc1ccc(C(C)(C)c2ccc(OCCCCl)cc2)cc1. The topological polar surface area (TPSA) is 36.9 Å². The summed E-state index contributed by atoms with van der Waals surface area (Å²) in [6, 6.07) is 16.6. The van der Waals surface area contributed by atoms with Gasteiger partial charge < -0.3 is 18.9 Å². The molecule has 0 fully saturated rings. The standard InChI is InChI=1S/C24H33ClO4/c1-24(2,20-6-10-22(11-7-20)28-16-4-14-25)21-8-12-23(13-9-21)29-17-5-15-27-19-18-26-3/h6-13H,4-5,14-19H2,1-3H3. The largest absolute Gasteiger partial charge is 0.494 e. The zero-order valence-corrected chi connectivity index (χ0v) is 18.5. The smallest absolute Gasteiger partial charge is 0.119 e. The highest BCUT2D eigenvalue weighted by Crippen LogP contribution is 2.33. The Balaban J connectivity index is 1.85. The summed E-state index contributed by atoms with van der Waals surface area (Å²) < 4.78 is 21.9. The van der Waals surface area contributed by atoms with Crippen molar-refractivity contribution in [2.24, 2.45) is 0 Å². The molecule has 2 rings (SSSR count). The van der Waals surface area contributed by atoms with E-state index in [9.17, 15) is 0 Å².